The molecule has 3 nitrogen and oxygen atoms in total. The topological polar surface area (TPSA) is 39.4 Å². The molecule has 0 atom stereocenters. The highest BCUT2D eigenvalue weighted by Crippen LogP contribution is 2.29. The van der Waals surface area contributed by atoms with Crippen molar-refractivity contribution in [3.63, 3.8) is 0 Å². The maximum absolute atomic E-state index is 13.4. The van der Waals surface area contributed by atoms with E-state index in [4.69, 9.17) is 9.15 Å². The van der Waals surface area contributed by atoms with Gasteiger partial charge in [-0.2, -0.15) is 0 Å². The number of ether oxygens (including phenoxy) is 1. The van der Waals surface area contributed by atoms with E-state index in [1.165, 1.54) is 24.3 Å². The molecule has 0 saturated heterocycles. The van der Waals surface area contributed by atoms with Gasteiger partial charge in [0.25, 0.3) is 0 Å². The van der Waals surface area contributed by atoms with Crippen LogP contribution in [0, 0.1) is 5.82 Å². The van der Waals surface area contributed by atoms with Crippen LogP contribution in [0.2, 0.25) is 0 Å². The molecule has 0 spiro atoms. The Labute approximate surface area is 114 Å². The minimum atomic E-state index is -0.463. The fourth-order valence-corrected chi connectivity index (χ4v) is 2.14. The molecular weight excluding hydrogens is 259 g/mol. The lowest BCUT2D eigenvalue weighted by Gasteiger charge is -2.06. The molecule has 0 aliphatic rings. The van der Waals surface area contributed by atoms with Crippen LogP contribution in [0.5, 0.6) is 5.75 Å². The molecule has 3 aromatic rings. The van der Waals surface area contributed by atoms with E-state index in [1.54, 1.807) is 19.2 Å². The predicted molar refractivity (Wildman–Crippen MR) is 74.4 cm³/mol. The Bertz CT molecular complexity index is 819. The average molecular weight is 270 g/mol. The summed E-state index contributed by atoms with van der Waals surface area (Å²) in [4.78, 5) is 11.6. The van der Waals surface area contributed by atoms with Crippen molar-refractivity contribution in [2.45, 2.75) is 0 Å². The van der Waals surface area contributed by atoms with Gasteiger partial charge in [0.2, 0.25) is 0 Å². The summed E-state index contributed by atoms with van der Waals surface area (Å²) in [7, 11) is 1.58. The van der Waals surface area contributed by atoms with Crippen molar-refractivity contribution in [3.05, 3.63) is 64.8 Å². The van der Waals surface area contributed by atoms with Crippen molar-refractivity contribution in [2.24, 2.45) is 0 Å². The van der Waals surface area contributed by atoms with Crippen molar-refractivity contribution >= 4 is 11.0 Å². The summed E-state index contributed by atoms with van der Waals surface area (Å²) >= 11 is 0. The Morgan fingerprint density at radius 3 is 2.50 bits per heavy atom. The van der Waals surface area contributed by atoms with E-state index in [1.807, 2.05) is 12.1 Å². The van der Waals surface area contributed by atoms with Crippen LogP contribution < -0.4 is 10.4 Å². The summed E-state index contributed by atoms with van der Waals surface area (Å²) in [5, 5.41) is 0.565. The molecule has 0 N–H and O–H groups in total. The normalized spacial score (nSPS) is 10.7. The molecule has 0 amide bonds. The smallest absolute Gasteiger partial charge is 0.336 e. The van der Waals surface area contributed by atoms with E-state index < -0.39 is 5.63 Å². The Hall–Kier alpha value is -2.62. The molecule has 1 heterocycles. The molecule has 0 saturated carbocycles. The second-order valence-corrected chi connectivity index (χ2v) is 4.35. The SMILES string of the molecule is COc1ccc(-c2cc(=O)oc3ccc(F)cc23)cc1. The van der Waals surface area contributed by atoms with Crippen LogP contribution in [0.25, 0.3) is 22.1 Å². The van der Waals surface area contributed by atoms with Crippen molar-refractivity contribution < 1.29 is 13.5 Å². The lowest BCUT2D eigenvalue weighted by Crippen LogP contribution is -1.98. The van der Waals surface area contributed by atoms with Gasteiger partial charge in [-0.15, -0.1) is 0 Å². The molecule has 0 radical (unpaired) electrons. The first-order valence-corrected chi connectivity index (χ1v) is 6.05. The number of halogens is 1. The molecule has 0 fully saturated rings. The van der Waals surface area contributed by atoms with Crippen LogP contribution in [0.15, 0.2) is 57.7 Å². The highest BCUT2D eigenvalue weighted by atomic mass is 19.1. The predicted octanol–water partition coefficient (Wildman–Crippen LogP) is 3.61. The Balaban J connectivity index is 2.28. The Kier molecular flexibility index (Phi) is 2.99. The van der Waals surface area contributed by atoms with E-state index >= 15 is 0 Å². The van der Waals surface area contributed by atoms with Gasteiger partial charge in [0.05, 0.1) is 7.11 Å². The van der Waals surface area contributed by atoms with Crippen LogP contribution in [-0.4, -0.2) is 7.11 Å². The van der Waals surface area contributed by atoms with Gasteiger partial charge in [-0.05, 0) is 41.5 Å². The van der Waals surface area contributed by atoms with Gasteiger partial charge in [-0.25, -0.2) is 9.18 Å². The first-order chi connectivity index (χ1) is 9.67. The second kappa shape index (κ2) is 4.81. The molecular formula is C16H11FO3. The third-order valence-electron chi connectivity index (χ3n) is 3.11. The Morgan fingerprint density at radius 2 is 1.80 bits per heavy atom. The number of methoxy groups -OCH3 is 1. The number of benzene rings is 2. The molecule has 100 valence electrons. The zero-order valence-corrected chi connectivity index (χ0v) is 10.7. The lowest BCUT2D eigenvalue weighted by atomic mass is 10.0. The summed E-state index contributed by atoms with van der Waals surface area (Å²) in [6, 6.07) is 12.7. The second-order valence-electron chi connectivity index (χ2n) is 4.35. The molecule has 2 aromatic carbocycles. The quantitative estimate of drug-likeness (QED) is 0.668. The van der Waals surface area contributed by atoms with E-state index in [9.17, 15) is 9.18 Å². The van der Waals surface area contributed by atoms with E-state index in [0.717, 1.165) is 5.56 Å². The third-order valence-corrected chi connectivity index (χ3v) is 3.11. The maximum atomic E-state index is 13.4. The van der Waals surface area contributed by atoms with Gasteiger partial charge in [0.1, 0.15) is 17.1 Å². The fourth-order valence-electron chi connectivity index (χ4n) is 2.14. The van der Waals surface area contributed by atoms with Crippen LogP contribution in [0.1, 0.15) is 0 Å². The van der Waals surface area contributed by atoms with Crippen LogP contribution in [0.4, 0.5) is 4.39 Å². The van der Waals surface area contributed by atoms with Crippen molar-refractivity contribution in [1.29, 1.82) is 0 Å². The van der Waals surface area contributed by atoms with Crippen LogP contribution in [-0.2, 0) is 0 Å². The van der Waals surface area contributed by atoms with Crippen molar-refractivity contribution in [1.82, 2.24) is 0 Å². The first-order valence-electron chi connectivity index (χ1n) is 6.05. The van der Waals surface area contributed by atoms with Gasteiger partial charge < -0.3 is 9.15 Å². The molecule has 0 bridgehead atoms. The summed E-state index contributed by atoms with van der Waals surface area (Å²) in [5.41, 5.74) is 1.34. The van der Waals surface area contributed by atoms with Gasteiger partial charge in [-0.1, -0.05) is 12.1 Å². The molecule has 4 heteroatoms. The minimum absolute atomic E-state index is 0.365. The van der Waals surface area contributed by atoms with E-state index in [-0.39, 0.29) is 5.82 Å². The minimum Gasteiger partial charge on any atom is -0.497 e. The van der Waals surface area contributed by atoms with Gasteiger partial charge >= 0.3 is 5.63 Å². The summed E-state index contributed by atoms with van der Waals surface area (Å²) in [6.45, 7) is 0. The fraction of sp³-hybridized carbons (Fsp3) is 0.0625. The van der Waals surface area contributed by atoms with E-state index in [2.05, 4.69) is 0 Å². The van der Waals surface area contributed by atoms with Gasteiger partial charge in [-0.3, -0.25) is 0 Å². The van der Waals surface area contributed by atoms with Crippen molar-refractivity contribution in [3.8, 4) is 16.9 Å². The first kappa shape index (κ1) is 12.4. The monoisotopic (exact) mass is 270 g/mol. The molecule has 0 aliphatic heterocycles. The molecule has 0 aliphatic carbocycles. The summed E-state index contributed by atoms with van der Waals surface area (Å²) < 4.78 is 23.6. The van der Waals surface area contributed by atoms with Gasteiger partial charge in [0, 0.05) is 11.5 Å². The summed E-state index contributed by atoms with van der Waals surface area (Å²) in [6.07, 6.45) is 0. The number of hydrogen-bond acceptors (Lipinski definition) is 3. The zero-order valence-electron chi connectivity index (χ0n) is 10.7. The van der Waals surface area contributed by atoms with E-state index in [0.29, 0.717) is 22.3 Å². The Morgan fingerprint density at radius 1 is 1.05 bits per heavy atom. The highest BCUT2D eigenvalue weighted by Gasteiger charge is 2.09. The van der Waals surface area contributed by atoms with Crippen LogP contribution in [0.3, 0.4) is 0 Å². The number of hydrogen-bond donors (Lipinski definition) is 0. The largest absolute Gasteiger partial charge is 0.497 e. The highest BCUT2D eigenvalue weighted by molar-refractivity contribution is 5.93. The lowest BCUT2D eigenvalue weighted by molar-refractivity contribution is 0.415. The standard InChI is InChI=1S/C16H11FO3/c1-19-12-5-2-10(3-6-12)13-9-16(18)20-15-7-4-11(17)8-14(13)15/h2-9H,1H3. The third kappa shape index (κ3) is 2.16. The van der Waals surface area contributed by atoms with Crippen LogP contribution >= 0.6 is 0 Å². The zero-order chi connectivity index (χ0) is 14.1. The maximum Gasteiger partial charge on any atom is 0.336 e. The average Bonchev–Trinajstić information content (AvgIpc) is 2.47. The van der Waals surface area contributed by atoms with Gasteiger partial charge in [0.15, 0.2) is 0 Å². The molecule has 20 heavy (non-hydrogen) atoms. The number of rotatable bonds is 2. The summed E-state index contributed by atoms with van der Waals surface area (Å²) in [5.74, 6) is 0.341. The van der Waals surface area contributed by atoms with Crippen molar-refractivity contribution in [2.75, 3.05) is 7.11 Å². The molecule has 0 unspecified atom stereocenters. The molecule has 3 rings (SSSR count). The number of fused-ring (bicyclic) bond motifs is 1. The molecule has 1 aromatic heterocycles.